The zero-order valence-corrected chi connectivity index (χ0v) is 68.1. The van der Waals surface area contributed by atoms with Crippen LogP contribution in [0.25, 0.3) is 94.3 Å². The summed E-state index contributed by atoms with van der Waals surface area (Å²) < 4.78 is 338. The van der Waals surface area contributed by atoms with Crippen molar-refractivity contribution in [2.75, 3.05) is 9.80 Å². The number of benzene rings is 13. The second-order valence-electron chi connectivity index (χ2n) is 36.2. The predicted molar refractivity (Wildman–Crippen MR) is 440 cm³/mol. The zero-order chi connectivity index (χ0) is 88.3. The first kappa shape index (κ1) is 83.6. The molecule has 0 unspecified atom stereocenters. The fourth-order valence-corrected chi connectivity index (χ4v) is 16.7. The van der Waals surface area contributed by atoms with Crippen molar-refractivity contribution in [2.24, 2.45) is 0 Å². The van der Waals surface area contributed by atoms with E-state index in [0.29, 0.717) is 44.1 Å². The van der Waals surface area contributed by atoms with Gasteiger partial charge in [-0.15, -0.1) is 0 Å². The minimum absolute atomic E-state index is 0.0467. The van der Waals surface area contributed by atoms with Crippen molar-refractivity contribution in [3.63, 3.8) is 0 Å². The number of fused-ring (bicyclic) bond motifs is 7. The number of halogens is 20. The Kier molecular flexibility index (Phi) is 19.7. The molecule has 622 valence electrons. The van der Waals surface area contributed by atoms with E-state index in [2.05, 4.69) is 0 Å². The number of aromatic nitrogens is 1. The van der Waals surface area contributed by atoms with Gasteiger partial charge in [0.2, 0.25) is 23.3 Å². The highest BCUT2D eigenvalue weighted by molar-refractivity contribution is 7.00. The third kappa shape index (κ3) is 13.0. The van der Waals surface area contributed by atoms with Gasteiger partial charge in [-0.2, -0.15) is 0 Å². The lowest BCUT2D eigenvalue weighted by molar-refractivity contribution is 0.381. The summed E-state index contributed by atoms with van der Waals surface area (Å²) in [7, 11) is 0. The summed E-state index contributed by atoms with van der Waals surface area (Å²) in [6.07, 6.45) is 0. The van der Waals surface area contributed by atoms with Gasteiger partial charge < -0.3 is 14.4 Å². The van der Waals surface area contributed by atoms with E-state index in [-0.39, 0.29) is 33.5 Å². The Balaban J connectivity index is 1.21. The third-order valence-electron chi connectivity index (χ3n) is 23.3. The highest BCUT2D eigenvalue weighted by Gasteiger charge is 2.49. The molecule has 122 heavy (non-hydrogen) atoms. The molecule has 3 nitrogen and oxygen atoms in total. The average molecular weight is 1680 g/mol. The van der Waals surface area contributed by atoms with Gasteiger partial charge in [-0.05, 0) is 136 Å². The second-order valence-corrected chi connectivity index (χ2v) is 36.2. The van der Waals surface area contributed by atoms with Crippen molar-refractivity contribution >= 4 is 79.0 Å². The van der Waals surface area contributed by atoms with Gasteiger partial charge in [0, 0.05) is 55.8 Å². The fraction of sp³-hybridized carbons (Fsp3) is 0.204. The number of nitrogens with zero attached hydrogens (tertiary/aromatic N) is 3. The fourth-order valence-electron chi connectivity index (χ4n) is 16.7. The normalized spacial score (nSPS) is 13.2. The van der Waals surface area contributed by atoms with Gasteiger partial charge in [-0.25, -0.2) is 87.8 Å². The molecule has 13 aromatic carbocycles. The van der Waals surface area contributed by atoms with E-state index in [0.717, 1.165) is 74.0 Å². The van der Waals surface area contributed by atoms with Crippen LogP contribution in [0.15, 0.2) is 164 Å². The Labute approximate surface area is 689 Å². The van der Waals surface area contributed by atoms with Crippen LogP contribution in [0.5, 0.6) is 0 Å². The van der Waals surface area contributed by atoms with E-state index in [1.54, 1.807) is 65.2 Å². The Morgan fingerprint density at radius 2 is 0.516 bits per heavy atom. The van der Waals surface area contributed by atoms with Gasteiger partial charge in [-0.1, -0.05) is 225 Å². The Hall–Kier alpha value is -12.1. The third-order valence-corrected chi connectivity index (χ3v) is 23.3. The van der Waals surface area contributed by atoms with Crippen LogP contribution in [0.2, 0.25) is 0 Å². The molecule has 0 aliphatic carbocycles. The van der Waals surface area contributed by atoms with Crippen LogP contribution in [0.4, 0.5) is 122 Å². The van der Waals surface area contributed by atoms with Gasteiger partial charge >= 0.3 is 0 Å². The molecule has 0 saturated carbocycles. The van der Waals surface area contributed by atoms with Crippen molar-refractivity contribution in [3.05, 3.63) is 308 Å². The maximum absolute atomic E-state index is 17.7. The first-order valence-electron chi connectivity index (χ1n) is 38.8. The van der Waals surface area contributed by atoms with Crippen LogP contribution in [0, 0.1) is 116 Å². The van der Waals surface area contributed by atoms with Crippen molar-refractivity contribution < 1.29 is 87.8 Å². The topological polar surface area (TPSA) is 11.4 Å². The number of rotatable bonds is 9. The summed E-state index contributed by atoms with van der Waals surface area (Å²) in [5.74, 6) is -52.4. The summed E-state index contributed by atoms with van der Waals surface area (Å²) in [6.45, 7) is 27.6. The van der Waals surface area contributed by atoms with Crippen molar-refractivity contribution in [2.45, 2.75) is 131 Å². The number of hydrogen-bond acceptors (Lipinski definition) is 2. The van der Waals surface area contributed by atoms with Gasteiger partial charge in [-0.3, -0.25) is 0 Å². The van der Waals surface area contributed by atoms with Crippen LogP contribution in [-0.4, -0.2) is 11.3 Å². The molecule has 0 radical (unpaired) electrons. The molecule has 14 aromatic rings. The van der Waals surface area contributed by atoms with Gasteiger partial charge in [0.1, 0.15) is 0 Å². The lowest BCUT2D eigenvalue weighted by Gasteiger charge is -2.46. The molecular formula is C98H72BF20N3. The van der Waals surface area contributed by atoms with E-state index in [1.807, 2.05) is 146 Å². The molecule has 0 amide bonds. The van der Waals surface area contributed by atoms with E-state index in [1.165, 1.54) is 24.3 Å². The first-order valence-corrected chi connectivity index (χ1v) is 38.8. The average Bonchev–Trinajstić information content (AvgIpc) is 0.877. The standard InChI is InChI=1S/C98H72BF20N3/c1-94(2,3)47-28-31-62-58(40-47)53-20-16-17-25-61(53)120(62)52-41-65-71-66(42-52)122(93-56(69-76(104)84(112)90(118)85(113)77(69)105)23-19-24-57(93)70-78(106)86(114)91(119)87(115)79(70)107)64-30-27-44(46-34-50(97(10,11)12)39-51(35-46)98(13,14)15)37-60(64)99(71)59-36-43(45-32-48(95(4,5)6)38-49(33-45)96(7,8)9)26-29-63(59)121(65)92-54(67-72(100)80(108)88(116)81(109)73(67)101)21-18-22-55(92)68-74(102)82(110)89(117)83(111)75(68)103/h16-42H,1-15H3. The molecule has 0 saturated heterocycles. The van der Waals surface area contributed by atoms with Crippen LogP contribution >= 0.6 is 0 Å². The summed E-state index contributed by atoms with van der Waals surface area (Å²) in [5.41, 5.74) is -13.7. The molecule has 1 aromatic heterocycles. The molecule has 0 atom stereocenters. The number of hydrogen-bond donors (Lipinski definition) is 0. The van der Waals surface area contributed by atoms with Crippen LogP contribution in [0.3, 0.4) is 0 Å². The van der Waals surface area contributed by atoms with E-state index in [4.69, 9.17) is 0 Å². The molecular weight excluding hydrogens is 1610 g/mol. The quantitative estimate of drug-likeness (QED) is 0.0618. The summed E-state index contributed by atoms with van der Waals surface area (Å²) in [6, 6.07) is 39.8. The molecule has 2 aliphatic heterocycles. The highest BCUT2D eigenvalue weighted by atomic mass is 19.2. The lowest BCUT2D eigenvalue weighted by Crippen LogP contribution is -2.61. The van der Waals surface area contributed by atoms with Crippen molar-refractivity contribution in [1.82, 2.24) is 4.57 Å². The molecule has 0 spiro atoms. The van der Waals surface area contributed by atoms with E-state index >= 15 is 87.8 Å². The lowest BCUT2D eigenvalue weighted by atomic mass is 9.33. The van der Waals surface area contributed by atoms with Crippen LogP contribution in [-0.2, 0) is 27.1 Å². The minimum atomic E-state index is -2.71. The summed E-state index contributed by atoms with van der Waals surface area (Å²) in [5, 5.41) is 1.00. The minimum Gasteiger partial charge on any atom is -0.310 e. The Morgan fingerprint density at radius 3 is 0.820 bits per heavy atom. The Bertz CT molecular complexity index is 6190. The highest BCUT2D eigenvalue weighted by Crippen LogP contribution is 2.57. The maximum atomic E-state index is 17.7. The number of para-hydroxylation sites is 3. The van der Waals surface area contributed by atoms with Gasteiger partial charge in [0.15, 0.2) is 93.1 Å². The largest absolute Gasteiger partial charge is 0.310 e. The van der Waals surface area contributed by atoms with Crippen molar-refractivity contribution in [1.29, 1.82) is 0 Å². The number of anilines is 6. The molecule has 3 heterocycles. The molecule has 0 bridgehead atoms. The second kappa shape index (κ2) is 28.8. The Morgan fingerprint density at radius 1 is 0.230 bits per heavy atom. The molecule has 0 fully saturated rings. The molecule has 24 heteroatoms. The molecule has 2 aliphatic rings. The summed E-state index contributed by atoms with van der Waals surface area (Å²) in [4.78, 5) is 1.96. The van der Waals surface area contributed by atoms with E-state index < -0.39 is 217 Å². The predicted octanol–water partition coefficient (Wildman–Crippen LogP) is 28.1. The van der Waals surface area contributed by atoms with Crippen molar-refractivity contribution in [3.8, 4) is 72.4 Å². The monoisotopic (exact) mass is 1680 g/mol. The maximum Gasteiger partial charge on any atom is 0.252 e. The SMILES string of the molecule is CC(C)(C)c1cc(-c2ccc3c(c2)B2c4cc(-c5cc(C(C)(C)C)cc(C(C)(C)C)c5)ccc4N(c4c(-c5c(F)c(F)c(F)c(F)c5F)cccc4-c4c(F)c(F)c(F)c(F)c4F)c4cc(-n5c6ccccc6c6cc(C(C)(C)C)ccc65)cc(c42)N3c2c(-c3c(F)c(F)c(F)c(F)c3F)cccc2-c2c(F)c(F)c(F)c(F)c2F)cc(C(C)(C)C)c1. The van der Waals surface area contributed by atoms with Gasteiger partial charge in [0.25, 0.3) is 6.71 Å². The molecule has 0 N–H and O–H groups in total. The summed E-state index contributed by atoms with van der Waals surface area (Å²) >= 11 is 0. The smallest absolute Gasteiger partial charge is 0.252 e. The first-order chi connectivity index (χ1) is 57.0. The zero-order valence-electron chi connectivity index (χ0n) is 68.1. The van der Waals surface area contributed by atoms with Crippen LogP contribution in [0.1, 0.15) is 132 Å². The van der Waals surface area contributed by atoms with Gasteiger partial charge in [0.05, 0.1) is 50.3 Å². The van der Waals surface area contributed by atoms with Crippen LogP contribution < -0.4 is 26.2 Å². The molecule has 16 rings (SSSR count). The van der Waals surface area contributed by atoms with E-state index in [9.17, 15) is 0 Å².